The van der Waals surface area contributed by atoms with Gasteiger partial charge >= 0.3 is 0 Å². The third-order valence-corrected chi connectivity index (χ3v) is 3.59. The molecule has 0 aliphatic carbocycles. The number of unbranched alkanes of at least 4 members (excludes halogenated alkanes) is 1. The molecular weight excluding hydrogens is 344 g/mol. The van der Waals surface area contributed by atoms with Crippen molar-refractivity contribution in [2.75, 3.05) is 6.54 Å². The first-order valence-corrected chi connectivity index (χ1v) is 7.42. The molecule has 0 radical (unpaired) electrons. The van der Waals surface area contributed by atoms with Gasteiger partial charge in [0.05, 0.1) is 11.7 Å². The second kappa shape index (κ2) is 8.01. The molecule has 2 nitrogen and oxygen atoms in total. The van der Waals surface area contributed by atoms with Crippen LogP contribution in [0.25, 0.3) is 0 Å². The summed E-state index contributed by atoms with van der Waals surface area (Å²) in [5.41, 5.74) is 1.08. The van der Waals surface area contributed by atoms with Gasteiger partial charge in [0.15, 0.2) is 0 Å². The van der Waals surface area contributed by atoms with Gasteiger partial charge in [0.2, 0.25) is 0 Å². The molecule has 1 aromatic heterocycles. The summed E-state index contributed by atoms with van der Waals surface area (Å²) in [6, 6.07) is 2.35. The minimum absolute atomic E-state index is 0.308. The van der Waals surface area contributed by atoms with E-state index in [0.717, 1.165) is 40.4 Å². The Hall–Kier alpha value is -0.190. The van der Waals surface area contributed by atoms with Crippen LogP contribution in [0.2, 0.25) is 0 Å². The highest BCUT2D eigenvalue weighted by Crippen LogP contribution is 2.27. The van der Waals surface area contributed by atoms with Crippen molar-refractivity contribution in [1.29, 1.82) is 0 Å². The molecule has 0 aromatic carbocycles. The van der Waals surface area contributed by atoms with Gasteiger partial charge in [-0.05, 0) is 63.7 Å². The van der Waals surface area contributed by atoms with Gasteiger partial charge in [-0.25, -0.2) is 0 Å². The monoisotopic (exact) mass is 360 g/mol. The zero-order valence-corrected chi connectivity index (χ0v) is 13.2. The summed E-state index contributed by atoms with van der Waals surface area (Å²) >= 11 is 7.00. The lowest BCUT2D eigenvalue weighted by Crippen LogP contribution is -2.22. The van der Waals surface area contributed by atoms with Crippen LogP contribution < -0.4 is 5.32 Å². The van der Waals surface area contributed by atoms with Crippen LogP contribution in [0.5, 0.6) is 0 Å². The molecule has 0 aliphatic heterocycles. The van der Waals surface area contributed by atoms with Crippen LogP contribution in [0.1, 0.15) is 37.9 Å². The summed E-state index contributed by atoms with van der Waals surface area (Å²) < 4.78 is 2.05. The summed E-state index contributed by atoms with van der Waals surface area (Å²) in [5.74, 6) is 0. The van der Waals surface area contributed by atoms with Gasteiger partial charge in [0, 0.05) is 15.1 Å². The smallest absolute Gasteiger partial charge is 0.0715 e. The van der Waals surface area contributed by atoms with E-state index in [9.17, 15) is 0 Å². The largest absolute Gasteiger partial charge is 0.309 e. The van der Waals surface area contributed by atoms with Gasteiger partial charge in [-0.15, -0.1) is 6.58 Å². The number of halogens is 2. The Balaban J connectivity index is 2.77. The molecule has 1 aromatic rings. The van der Waals surface area contributed by atoms with E-state index in [2.05, 4.69) is 55.7 Å². The first-order chi connectivity index (χ1) is 8.19. The number of hydrogen-bond donors (Lipinski definition) is 1. The van der Waals surface area contributed by atoms with Gasteiger partial charge in [-0.1, -0.05) is 13.0 Å². The SMILES string of the molecule is C=CCCCC(NCC)c1ncc(Br)cc1Br. The first kappa shape index (κ1) is 14.9. The van der Waals surface area contributed by atoms with Gasteiger partial charge < -0.3 is 5.32 Å². The zero-order valence-electron chi connectivity index (χ0n) is 10.0. The fraction of sp³-hybridized carbons (Fsp3) is 0.462. The fourth-order valence-electron chi connectivity index (χ4n) is 1.73. The Morgan fingerprint density at radius 2 is 2.29 bits per heavy atom. The van der Waals surface area contributed by atoms with E-state index in [1.54, 1.807) is 0 Å². The lowest BCUT2D eigenvalue weighted by molar-refractivity contribution is 0.488. The molecule has 0 bridgehead atoms. The van der Waals surface area contributed by atoms with E-state index in [-0.39, 0.29) is 0 Å². The highest BCUT2D eigenvalue weighted by Gasteiger charge is 2.14. The Morgan fingerprint density at radius 3 is 2.88 bits per heavy atom. The minimum atomic E-state index is 0.308. The quantitative estimate of drug-likeness (QED) is 0.566. The second-order valence-corrected chi connectivity index (χ2v) is 5.62. The average molecular weight is 362 g/mol. The maximum Gasteiger partial charge on any atom is 0.0715 e. The van der Waals surface area contributed by atoms with Crippen molar-refractivity contribution in [3.63, 3.8) is 0 Å². The zero-order chi connectivity index (χ0) is 12.7. The number of pyridine rings is 1. The molecule has 1 unspecified atom stereocenters. The Labute approximate surface area is 120 Å². The molecule has 0 aliphatic rings. The van der Waals surface area contributed by atoms with Gasteiger partial charge in [-0.3, -0.25) is 4.98 Å². The van der Waals surface area contributed by atoms with Crippen LogP contribution in [0.15, 0.2) is 33.9 Å². The van der Waals surface area contributed by atoms with Crippen LogP contribution in [0.4, 0.5) is 0 Å². The van der Waals surface area contributed by atoms with Gasteiger partial charge in [0.25, 0.3) is 0 Å². The summed E-state index contributed by atoms with van der Waals surface area (Å²) in [6.07, 6.45) is 7.07. The summed E-state index contributed by atoms with van der Waals surface area (Å²) in [5, 5.41) is 3.48. The molecule has 94 valence electrons. The third kappa shape index (κ3) is 4.90. The van der Waals surface area contributed by atoms with Crippen molar-refractivity contribution in [3.05, 3.63) is 39.6 Å². The molecule has 0 saturated carbocycles. The molecule has 0 fully saturated rings. The molecule has 0 spiro atoms. The molecule has 1 heterocycles. The minimum Gasteiger partial charge on any atom is -0.309 e. The van der Waals surface area contributed by atoms with Crippen molar-refractivity contribution >= 4 is 31.9 Å². The van der Waals surface area contributed by atoms with Crippen molar-refractivity contribution in [1.82, 2.24) is 10.3 Å². The second-order valence-electron chi connectivity index (χ2n) is 3.85. The maximum absolute atomic E-state index is 4.49. The number of nitrogens with one attached hydrogen (secondary N) is 1. The summed E-state index contributed by atoms with van der Waals surface area (Å²) in [4.78, 5) is 4.49. The van der Waals surface area contributed by atoms with Crippen molar-refractivity contribution in [2.24, 2.45) is 0 Å². The predicted octanol–water partition coefficient (Wildman–Crippen LogP) is 4.61. The topological polar surface area (TPSA) is 24.9 Å². The lowest BCUT2D eigenvalue weighted by atomic mass is 10.1. The molecule has 1 atom stereocenters. The average Bonchev–Trinajstić information content (AvgIpc) is 2.28. The molecule has 1 rings (SSSR count). The lowest BCUT2D eigenvalue weighted by Gasteiger charge is -2.18. The number of aromatic nitrogens is 1. The fourth-order valence-corrected chi connectivity index (χ4v) is 2.99. The van der Waals surface area contributed by atoms with Gasteiger partial charge in [0.1, 0.15) is 0 Å². The Kier molecular flexibility index (Phi) is 7.00. The van der Waals surface area contributed by atoms with E-state index in [1.807, 2.05) is 18.3 Å². The van der Waals surface area contributed by atoms with E-state index in [0.29, 0.717) is 6.04 Å². The first-order valence-electron chi connectivity index (χ1n) is 5.84. The Bertz CT molecular complexity index is 366. The van der Waals surface area contributed by atoms with Crippen LogP contribution in [-0.4, -0.2) is 11.5 Å². The van der Waals surface area contributed by atoms with Crippen molar-refractivity contribution < 1.29 is 0 Å². The standard InChI is InChI=1S/C13H18Br2N2/c1-3-5-6-7-12(16-4-2)13-11(15)8-10(14)9-17-13/h3,8-9,12,16H,1,4-7H2,2H3. The molecule has 0 saturated heterocycles. The molecular formula is C13H18Br2N2. The van der Waals surface area contributed by atoms with Crippen LogP contribution in [0, 0.1) is 0 Å². The molecule has 17 heavy (non-hydrogen) atoms. The normalized spacial score (nSPS) is 12.4. The third-order valence-electron chi connectivity index (χ3n) is 2.52. The van der Waals surface area contributed by atoms with Crippen LogP contribution in [-0.2, 0) is 0 Å². The van der Waals surface area contributed by atoms with E-state index < -0.39 is 0 Å². The van der Waals surface area contributed by atoms with E-state index in [1.165, 1.54) is 0 Å². The Morgan fingerprint density at radius 1 is 1.53 bits per heavy atom. The van der Waals surface area contributed by atoms with Crippen LogP contribution in [0.3, 0.4) is 0 Å². The molecule has 4 heteroatoms. The maximum atomic E-state index is 4.49. The molecule has 0 amide bonds. The van der Waals surface area contributed by atoms with Crippen molar-refractivity contribution in [3.8, 4) is 0 Å². The predicted molar refractivity (Wildman–Crippen MR) is 80.1 cm³/mol. The number of allylic oxidation sites excluding steroid dienone is 1. The number of rotatable bonds is 7. The highest BCUT2D eigenvalue weighted by atomic mass is 79.9. The van der Waals surface area contributed by atoms with E-state index >= 15 is 0 Å². The van der Waals surface area contributed by atoms with Crippen molar-refractivity contribution in [2.45, 2.75) is 32.2 Å². The summed E-state index contributed by atoms with van der Waals surface area (Å²) in [7, 11) is 0. The number of hydrogen-bond acceptors (Lipinski definition) is 2. The number of nitrogens with zero attached hydrogens (tertiary/aromatic N) is 1. The van der Waals surface area contributed by atoms with E-state index in [4.69, 9.17) is 0 Å². The van der Waals surface area contributed by atoms with Gasteiger partial charge in [-0.2, -0.15) is 0 Å². The van der Waals surface area contributed by atoms with Crippen LogP contribution >= 0.6 is 31.9 Å². The molecule has 1 N–H and O–H groups in total. The highest BCUT2D eigenvalue weighted by molar-refractivity contribution is 9.11. The summed E-state index contributed by atoms with van der Waals surface area (Å²) in [6.45, 7) is 6.82.